The zero-order valence-electron chi connectivity index (χ0n) is 11.0. The highest BCUT2D eigenvalue weighted by Crippen LogP contribution is 2.40. The maximum atomic E-state index is 13.1. The van der Waals surface area contributed by atoms with Gasteiger partial charge in [-0.3, -0.25) is 0 Å². The minimum Gasteiger partial charge on any atom is -0.480 e. The summed E-state index contributed by atoms with van der Waals surface area (Å²) in [6.45, 7) is 0. The fourth-order valence-electron chi connectivity index (χ4n) is 2.74. The molecule has 3 rings (SSSR count). The van der Waals surface area contributed by atoms with Crippen LogP contribution in [0.5, 0.6) is 0 Å². The molecular formula is C16H13ClFNO2. The summed E-state index contributed by atoms with van der Waals surface area (Å²) in [5.41, 5.74) is 2.58. The Labute approximate surface area is 126 Å². The minimum atomic E-state index is -0.900. The summed E-state index contributed by atoms with van der Waals surface area (Å²) in [4.78, 5) is 11.3. The number of benzene rings is 2. The number of carboxylic acid groups (broad SMARTS) is 1. The molecule has 0 aromatic heterocycles. The number of halogens is 2. The van der Waals surface area contributed by atoms with E-state index < -0.39 is 12.0 Å². The minimum absolute atomic E-state index is 0.123. The normalized spacial score (nSPS) is 20.5. The SMILES string of the molecule is O=C(O)C1CC(c2ccc(F)cc2)c2cc(Cl)ccc2N1. The van der Waals surface area contributed by atoms with Crippen LogP contribution in [0.25, 0.3) is 0 Å². The topological polar surface area (TPSA) is 49.3 Å². The predicted molar refractivity (Wildman–Crippen MR) is 79.4 cm³/mol. The molecule has 1 aliphatic rings. The van der Waals surface area contributed by atoms with Crippen LogP contribution >= 0.6 is 11.6 Å². The second-order valence-electron chi connectivity index (χ2n) is 5.11. The van der Waals surface area contributed by atoms with Gasteiger partial charge in [0.2, 0.25) is 0 Å². The fourth-order valence-corrected chi connectivity index (χ4v) is 2.92. The molecule has 2 unspecified atom stereocenters. The Hall–Kier alpha value is -2.07. The third kappa shape index (κ3) is 2.72. The highest BCUT2D eigenvalue weighted by Gasteiger charge is 2.31. The molecule has 3 nitrogen and oxygen atoms in total. The van der Waals surface area contributed by atoms with Crippen LogP contribution in [-0.2, 0) is 4.79 Å². The summed E-state index contributed by atoms with van der Waals surface area (Å²) >= 11 is 6.05. The Kier molecular flexibility index (Phi) is 3.55. The number of fused-ring (bicyclic) bond motifs is 1. The lowest BCUT2D eigenvalue weighted by molar-refractivity contribution is -0.138. The molecule has 0 radical (unpaired) electrons. The van der Waals surface area contributed by atoms with Crippen molar-refractivity contribution in [3.63, 3.8) is 0 Å². The van der Waals surface area contributed by atoms with Gasteiger partial charge in [0, 0.05) is 16.6 Å². The first kappa shape index (κ1) is 13.9. The van der Waals surface area contributed by atoms with Crippen LogP contribution in [0.1, 0.15) is 23.5 Å². The number of carbonyl (C=O) groups is 1. The molecule has 108 valence electrons. The molecule has 0 aliphatic carbocycles. The molecule has 0 saturated heterocycles. The van der Waals surface area contributed by atoms with Gasteiger partial charge < -0.3 is 10.4 Å². The van der Waals surface area contributed by atoms with Crippen molar-refractivity contribution in [2.45, 2.75) is 18.4 Å². The van der Waals surface area contributed by atoms with Crippen molar-refractivity contribution in [1.82, 2.24) is 0 Å². The molecule has 21 heavy (non-hydrogen) atoms. The highest BCUT2D eigenvalue weighted by molar-refractivity contribution is 6.30. The van der Waals surface area contributed by atoms with Crippen molar-refractivity contribution in [2.75, 3.05) is 5.32 Å². The first-order chi connectivity index (χ1) is 10.0. The average molecular weight is 306 g/mol. The van der Waals surface area contributed by atoms with E-state index in [-0.39, 0.29) is 11.7 Å². The lowest BCUT2D eigenvalue weighted by atomic mass is 9.82. The largest absolute Gasteiger partial charge is 0.480 e. The zero-order chi connectivity index (χ0) is 15.0. The Morgan fingerprint density at radius 2 is 1.95 bits per heavy atom. The van der Waals surface area contributed by atoms with Gasteiger partial charge in [0.05, 0.1) is 0 Å². The Morgan fingerprint density at radius 1 is 1.24 bits per heavy atom. The van der Waals surface area contributed by atoms with E-state index in [1.165, 1.54) is 12.1 Å². The molecule has 2 N–H and O–H groups in total. The molecule has 0 spiro atoms. The molecule has 5 heteroatoms. The van der Waals surface area contributed by atoms with E-state index in [4.69, 9.17) is 11.6 Å². The number of nitrogens with one attached hydrogen (secondary N) is 1. The van der Waals surface area contributed by atoms with Crippen LogP contribution in [0.4, 0.5) is 10.1 Å². The first-order valence-corrected chi connectivity index (χ1v) is 6.96. The van der Waals surface area contributed by atoms with E-state index in [2.05, 4.69) is 5.32 Å². The number of hydrogen-bond acceptors (Lipinski definition) is 2. The third-order valence-electron chi connectivity index (χ3n) is 3.76. The van der Waals surface area contributed by atoms with Crippen LogP contribution in [-0.4, -0.2) is 17.1 Å². The lowest BCUT2D eigenvalue weighted by Gasteiger charge is -2.31. The van der Waals surface area contributed by atoms with Crippen LogP contribution in [0.15, 0.2) is 42.5 Å². The first-order valence-electron chi connectivity index (χ1n) is 6.59. The Balaban J connectivity index is 2.07. The number of anilines is 1. The molecule has 0 amide bonds. The number of hydrogen-bond donors (Lipinski definition) is 2. The van der Waals surface area contributed by atoms with Gasteiger partial charge in [-0.05, 0) is 47.9 Å². The molecule has 2 aromatic carbocycles. The third-order valence-corrected chi connectivity index (χ3v) is 4.00. The van der Waals surface area contributed by atoms with Crippen LogP contribution in [0.3, 0.4) is 0 Å². The van der Waals surface area contributed by atoms with E-state index in [0.717, 1.165) is 16.8 Å². The average Bonchev–Trinajstić information content (AvgIpc) is 2.47. The van der Waals surface area contributed by atoms with Crippen LogP contribution in [0.2, 0.25) is 5.02 Å². The molecule has 0 saturated carbocycles. The van der Waals surface area contributed by atoms with Crippen molar-refractivity contribution < 1.29 is 14.3 Å². The summed E-state index contributed by atoms with van der Waals surface area (Å²) in [5, 5.41) is 12.9. The Morgan fingerprint density at radius 3 is 2.62 bits per heavy atom. The van der Waals surface area contributed by atoms with Crippen LogP contribution < -0.4 is 5.32 Å². The van der Waals surface area contributed by atoms with Gasteiger partial charge >= 0.3 is 5.97 Å². The van der Waals surface area contributed by atoms with E-state index in [0.29, 0.717) is 11.4 Å². The van der Waals surface area contributed by atoms with Gasteiger partial charge in [0.25, 0.3) is 0 Å². The van der Waals surface area contributed by atoms with Crippen LogP contribution in [0, 0.1) is 5.82 Å². The zero-order valence-corrected chi connectivity index (χ0v) is 11.8. The van der Waals surface area contributed by atoms with Crippen molar-refractivity contribution in [2.24, 2.45) is 0 Å². The molecule has 2 aromatic rings. The smallest absolute Gasteiger partial charge is 0.326 e. The summed E-state index contributed by atoms with van der Waals surface area (Å²) in [5.74, 6) is -1.34. The highest BCUT2D eigenvalue weighted by atomic mass is 35.5. The van der Waals surface area contributed by atoms with Crippen molar-refractivity contribution in [3.8, 4) is 0 Å². The number of carboxylic acids is 1. The lowest BCUT2D eigenvalue weighted by Crippen LogP contribution is -2.35. The summed E-state index contributed by atoms with van der Waals surface area (Å²) in [6, 6.07) is 10.8. The molecular weight excluding hydrogens is 293 g/mol. The maximum Gasteiger partial charge on any atom is 0.326 e. The Bertz CT molecular complexity index is 687. The molecule has 1 heterocycles. The molecule has 2 atom stereocenters. The van der Waals surface area contributed by atoms with E-state index in [9.17, 15) is 14.3 Å². The van der Waals surface area contributed by atoms with E-state index in [1.807, 2.05) is 6.07 Å². The number of rotatable bonds is 2. The maximum absolute atomic E-state index is 13.1. The van der Waals surface area contributed by atoms with Crippen molar-refractivity contribution >= 4 is 23.3 Å². The van der Waals surface area contributed by atoms with Crippen molar-refractivity contribution in [3.05, 3.63) is 64.4 Å². The molecule has 0 bridgehead atoms. The van der Waals surface area contributed by atoms with Gasteiger partial charge in [-0.2, -0.15) is 0 Å². The molecule has 1 aliphatic heterocycles. The summed E-state index contributed by atoms with van der Waals surface area (Å²) < 4.78 is 13.1. The fraction of sp³-hybridized carbons (Fsp3) is 0.188. The van der Waals surface area contributed by atoms with Crippen molar-refractivity contribution in [1.29, 1.82) is 0 Å². The summed E-state index contributed by atoms with van der Waals surface area (Å²) in [6.07, 6.45) is 0.397. The van der Waals surface area contributed by atoms with Gasteiger partial charge in [0.15, 0.2) is 0 Å². The van der Waals surface area contributed by atoms with Gasteiger partial charge in [-0.25, -0.2) is 9.18 Å². The van der Waals surface area contributed by atoms with Gasteiger partial charge in [-0.1, -0.05) is 23.7 Å². The second kappa shape index (κ2) is 5.37. The monoisotopic (exact) mass is 305 g/mol. The predicted octanol–water partition coefficient (Wildman–Crippen LogP) is 3.88. The van der Waals surface area contributed by atoms with E-state index >= 15 is 0 Å². The second-order valence-corrected chi connectivity index (χ2v) is 5.54. The quantitative estimate of drug-likeness (QED) is 0.885. The van der Waals surface area contributed by atoms with Gasteiger partial charge in [-0.15, -0.1) is 0 Å². The van der Waals surface area contributed by atoms with E-state index in [1.54, 1.807) is 24.3 Å². The summed E-state index contributed by atoms with van der Waals surface area (Å²) in [7, 11) is 0. The number of aliphatic carboxylic acids is 1. The molecule has 0 fully saturated rings. The van der Waals surface area contributed by atoms with Gasteiger partial charge in [0.1, 0.15) is 11.9 Å². The standard InChI is InChI=1S/C16H13ClFNO2/c17-10-3-6-14-13(7-10)12(8-15(19-14)16(20)21)9-1-4-11(18)5-2-9/h1-7,12,15,19H,8H2,(H,20,21).